The Kier molecular flexibility index (Phi) is 8.53. The summed E-state index contributed by atoms with van der Waals surface area (Å²) in [6.07, 6.45) is 1.27. The summed E-state index contributed by atoms with van der Waals surface area (Å²) in [4.78, 5) is 49.2. The third-order valence-corrected chi connectivity index (χ3v) is 7.45. The second-order valence-electron chi connectivity index (χ2n) is 11.1. The second kappa shape index (κ2) is 11.8. The molecule has 39 heavy (non-hydrogen) atoms. The summed E-state index contributed by atoms with van der Waals surface area (Å²) in [6, 6.07) is 14.9. The van der Waals surface area contributed by atoms with Gasteiger partial charge in [-0.3, -0.25) is 9.59 Å². The predicted molar refractivity (Wildman–Crippen MR) is 147 cm³/mol. The highest BCUT2D eigenvalue weighted by molar-refractivity contribution is 6.22. The van der Waals surface area contributed by atoms with Crippen molar-refractivity contribution < 1.29 is 29.0 Å². The number of unbranched alkanes of at least 4 members (excludes halogenated alkanes) is 1. The van der Waals surface area contributed by atoms with Crippen molar-refractivity contribution in [2.45, 2.75) is 64.8 Å². The van der Waals surface area contributed by atoms with Gasteiger partial charge in [-0.15, -0.1) is 0 Å². The van der Waals surface area contributed by atoms with E-state index in [4.69, 9.17) is 4.74 Å². The van der Waals surface area contributed by atoms with Crippen molar-refractivity contribution in [3.8, 4) is 11.1 Å². The van der Waals surface area contributed by atoms with Gasteiger partial charge >= 0.3 is 12.1 Å². The molecule has 0 aromatic heterocycles. The van der Waals surface area contributed by atoms with Crippen molar-refractivity contribution in [3.63, 3.8) is 0 Å². The van der Waals surface area contributed by atoms with Crippen LogP contribution in [0.5, 0.6) is 0 Å². The van der Waals surface area contributed by atoms with Crippen LogP contribution in [-0.2, 0) is 19.1 Å². The fourth-order valence-corrected chi connectivity index (χ4v) is 5.56. The number of rotatable bonds is 10. The number of ketones is 2. The summed E-state index contributed by atoms with van der Waals surface area (Å²) in [6.45, 7) is 6.15. The number of allylic oxidation sites excluding steroid dienone is 2. The molecule has 0 radical (unpaired) electrons. The monoisotopic (exact) mass is 532 g/mol. The molecule has 1 amide bonds. The Morgan fingerprint density at radius 1 is 0.974 bits per heavy atom. The van der Waals surface area contributed by atoms with Gasteiger partial charge in [0, 0.05) is 31.0 Å². The van der Waals surface area contributed by atoms with Gasteiger partial charge in [-0.05, 0) is 53.9 Å². The Bertz CT molecular complexity index is 1240. The summed E-state index contributed by atoms with van der Waals surface area (Å²) in [5.41, 5.74) is 4.89. The molecule has 0 heterocycles. The Hall–Kier alpha value is -3.94. The first-order valence-electron chi connectivity index (χ1n) is 13.4. The van der Waals surface area contributed by atoms with E-state index in [1.807, 2.05) is 62.4 Å². The van der Waals surface area contributed by atoms with E-state index < -0.39 is 18.1 Å². The van der Waals surface area contributed by atoms with Crippen LogP contribution >= 0.6 is 0 Å². The number of amides is 1. The number of fused-ring (bicyclic) bond motifs is 3. The Morgan fingerprint density at radius 3 is 2.10 bits per heavy atom. The number of hydrogen-bond acceptors (Lipinski definition) is 6. The predicted octanol–water partition coefficient (Wildman–Crippen LogP) is 4.97. The number of nitrogens with one attached hydrogen (secondary N) is 2. The number of benzene rings is 2. The molecule has 3 N–H and O–H groups in total. The number of aliphatic carboxylic acids is 1. The average molecular weight is 533 g/mol. The standard InChI is InChI=1S/C31H36N2O6/c1-19(28-26(34)16-31(2,3)17-27(28)35)32-15-9-8-14-25(29(36)37)33-30(38)39-18-24-22-12-6-4-10-20(22)21-11-5-7-13-23(21)24/h4-7,10-13,24-25,32H,8-9,14-18H2,1-3H3,(H,33,38)(H,36,37)/t25-/m1/s1. The Labute approximate surface area is 228 Å². The zero-order valence-corrected chi connectivity index (χ0v) is 22.7. The molecular formula is C31H36N2O6. The van der Waals surface area contributed by atoms with E-state index in [1.54, 1.807) is 6.92 Å². The normalized spacial score (nSPS) is 16.7. The molecule has 0 bridgehead atoms. The molecule has 0 saturated heterocycles. The lowest BCUT2D eigenvalue weighted by atomic mass is 9.73. The Balaban J connectivity index is 1.24. The van der Waals surface area contributed by atoms with Crippen LogP contribution in [-0.4, -0.2) is 47.9 Å². The van der Waals surface area contributed by atoms with Crippen LogP contribution in [0.2, 0.25) is 0 Å². The van der Waals surface area contributed by atoms with E-state index in [0.717, 1.165) is 22.3 Å². The van der Waals surface area contributed by atoms with E-state index in [-0.39, 0.29) is 41.5 Å². The first-order valence-corrected chi connectivity index (χ1v) is 13.4. The van der Waals surface area contributed by atoms with Gasteiger partial charge in [0.1, 0.15) is 12.6 Å². The quantitative estimate of drug-likeness (QED) is 0.224. The molecule has 0 unspecified atom stereocenters. The van der Waals surface area contributed by atoms with E-state index in [2.05, 4.69) is 10.6 Å². The van der Waals surface area contributed by atoms with Crippen molar-refractivity contribution in [3.05, 3.63) is 70.9 Å². The molecule has 2 aliphatic carbocycles. The summed E-state index contributed by atoms with van der Waals surface area (Å²) in [5.74, 6) is -1.52. The van der Waals surface area contributed by atoms with Crippen molar-refractivity contribution in [2.24, 2.45) is 5.41 Å². The van der Waals surface area contributed by atoms with Crippen LogP contribution in [0.25, 0.3) is 11.1 Å². The lowest BCUT2D eigenvalue weighted by Crippen LogP contribution is -2.41. The highest BCUT2D eigenvalue weighted by Gasteiger charge is 2.36. The molecule has 4 rings (SSSR count). The van der Waals surface area contributed by atoms with E-state index in [0.29, 0.717) is 37.9 Å². The van der Waals surface area contributed by atoms with Crippen LogP contribution in [0.3, 0.4) is 0 Å². The molecule has 2 aromatic rings. The summed E-state index contributed by atoms with van der Waals surface area (Å²) < 4.78 is 5.49. The van der Waals surface area contributed by atoms with E-state index in [1.165, 1.54) is 0 Å². The lowest BCUT2D eigenvalue weighted by molar-refractivity contribution is -0.139. The summed E-state index contributed by atoms with van der Waals surface area (Å²) >= 11 is 0. The van der Waals surface area contributed by atoms with Gasteiger partial charge in [-0.1, -0.05) is 62.4 Å². The van der Waals surface area contributed by atoms with Gasteiger partial charge in [0.15, 0.2) is 11.6 Å². The smallest absolute Gasteiger partial charge is 0.407 e. The van der Waals surface area contributed by atoms with E-state index >= 15 is 0 Å². The summed E-state index contributed by atoms with van der Waals surface area (Å²) in [5, 5.41) is 15.2. The molecule has 2 aromatic carbocycles. The highest BCUT2D eigenvalue weighted by atomic mass is 16.5. The van der Waals surface area contributed by atoms with Crippen LogP contribution < -0.4 is 10.6 Å². The summed E-state index contributed by atoms with van der Waals surface area (Å²) in [7, 11) is 0. The van der Waals surface area contributed by atoms with Crippen molar-refractivity contribution in [2.75, 3.05) is 13.2 Å². The maximum absolute atomic E-state index is 12.5. The number of carbonyl (C=O) groups excluding carboxylic acids is 3. The topological polar surface area (TPSA) is 122 Å². The molecule has 1 atom stereocenters. The van der Waals surface area contributed by atoms with Crippen molar-refractivity contribution in [1.29, 1.82) is 0 Å². The van der Waals surface area contributed by atoms with Gasteiger partial charge in [-0.2, -0.15) is 0 Å². The minimum atomic E-state index is -1.13. The zero-order chi connectivity index (χ0) is 28.2. The first kappa shape index (κ1) is 28.1. The minimum Gasteiger partial charge on any atom is -0.480 e. The van der Waals surface area contributed by atoms with Crippen molar-refractivity contribution in [1.82, 2.24) is 10.6 Å². The maximum Gasteiger partial charge on any atom is 0.407 e. The van der Waals surface area contributed by atoms with Crippen molar-refractivity contribution >= 4 is 23.6 Å². The van der Waals surface area contributed by atoms with Gasteiger partial charge in [-0.25, -0.2) is 9.59 Å². The maximum atomic E-state index is 12.5. The molecule has 8 nitrogen and oxygen atoms in total. The second-order valence-corrected chi connectivity index (χ2v) is 11.1. The molecule has 0 spiro atoms. The van der Waals surface area contributed by atoms with Crippen LogP contribution in [0.4, 0.5) is 4.79 Å². The SMILES string of the molecule is CC(NCCCC[C@@H](NC(=O)OCC1c2ccccc2-c2ccccc21)C(=O)O)=C1C(=O)CC(C)(C)CC1=O. The molecule has 8 heteroatoms. The molecular weight excluding hydrogens is 496 g/mol. The molecule has 1 fully saturated rings. The molecule has 206 valence electrons. The minimum absolute atomic E-state index is 0.108. The van der Waals surface area contributed by atoms with E-state index in [9.17, 15) is 24.3 Å². The number of Topliss-reactive ketones (excluding diaryl/α,β-unsaturated/α-hetero) is 2. The largest absolute Gasteiger partial charge is 0.480 e. The fraction of sp³-hybridized carbons (Fsp3) is 0.419. The lowest BCUT2D eigenvalue weighted by Gasteiger charge is -2.29. The number of carboxylic acids is 1. The third kappa shape index (κ3) is 6.56. The third-order valence-electron chi connectivity index (χ3n) is 7.45. The highest BCUT2D eigenvalue weighted by Crippen LogP contribution is 2.44. The molecule has 0 aliphatic heterocycles. The van der Waals surface area contributed by atoms with Crippen LogP contribution in [0.1, 0.15) is 69.9 Å². The van der Waals surface area contributed by atoms with Crippen LogP contribution in [0.15, 0.2) is 59.8 Å². The fourth-order valence-electron chi connectivity index (χ4n) is 5.56. The van der Waals surface area contributed by atoms with Gasteiger partial charge in [0.25, 0.3) is 0 Å². The zero-order valence-electron chi connectivity index (χ0n) is 22.7. The average Bonchev–Trinajstić information content (AvgIpc) is 3.19. The number of carbonyl (C=O) groups is 4. The number of ether oxygens (including phenoxy) is 1. The van der Waals surface area contributed by atoms with Crippen LogP contribution in [0, 0.1) is 5.41 Å². The number of carboxylic acid groups (broad SMARTS) is 1. The number of alkyl carbamates (subject to hydrolysis) is 1. The molecule has 1 saturated carbocycles. The van der Waals surface area contributed by atoms with Gasteiger partial charge in [0.2, 0.25) is 0 Å². The first-order chi connectivity index (χ1) is 18.6. The van der Waals surface area contributed by atoms with Gasteiger partial charge < -0.3 is 20.5 Å². The number of hydrogen-bond donors (Lipinski definition) is 3. The molecule has 2 aliphatic rings. The van der Waals surface area contributed by atoms with Gasteiger partial charge in [0.05, 0.1) is 5.57 Å². The Morgan fingerprint density at radius 2 is 1.54 bits per heavy atom.